The van der Waals surface area contributed by atoms with Gasteiger partial charge in [0.15, 0.2) is 0 Å². The zero-order valence-corrected chi connectivity index (χ0v) is 17.9. The normalized spacial score (nSPS) is 16.4. The molecule has 0 aliphatic carbocycles. The number of nitrogens with one attached hydrogen (secondary N) is 2. The highest BCUT2D eigenvalue weighted by Crippen LogP contribution is 2.29. The van der Waals surface area contributed by atoms with Crippen molar-refractivity contribution in [3.05, 3.63) is 48.1 Å². The minimum absolute atomic E-state index is 0.176. The van der Waals surface area contributed by atoms with Crippen molar-refractivity contribution in [2.75, 3.05) is 31.6 Å². The fraction of sp³-hybridized carbons (Fsp3) is 0.350. The number of anilines is 1. The van der Waals surface area contributed by atoms with Crippen LogP contribution in [-0.4, -0.2) is 69.1 Å². The molecule has 0 radical (unpaired) electrons. The van der Waals surface area contributed by atoms with Crippen LogP contribution in [0.3, 0.4) is 0 Å². The molecule has 2 N–H and O–H groups in total. The maximum absolute atomic E-state index is 12.8. The molecular weight excluding hydrogens is 459 g/mol. The number of aryl methyl sites for hydroxylation is 1. The summed E-state index contributed by atoms with van der Waals surface area (Å²) in [6.07, 6.45) is -3.22. The number of hydrogen-bond donors (Lipinski definition) is 2. The van der Waals surface area contributed by atoms with Gasteiger partial charge in [-0.3, -0.25) is 9.48 Å². The van der Waals surface area contributed by atoms with Crippen molar-refractivity contribution in [3.63, 3.8) is 0 Å². The standard InChI is InChI=1S/C20H20F3N7O4/c1-29-15(6-7-25-29)17(31)24-10-14-11-33-9-8-30(14)19(32)26-13-4-2-12(3-5-13)16-27-18(34-28-16)20(21,22)23/h2-7,14H,8-11H2,1H3,(H,24,31)(H,26,32)/t14-/m0/s1. The lowest BCUT2D eigenvalue weighted by atomic mass is 10.2. The number of carbonyl (C=O) groups is 2. The predicted molar refractivity (Wildman–Crippen MR) is 111 cm³/mol. The fourth-order valence-electron chi connectivity index (χ4n) is 3.34. The smallest absolute Gasteiger partial charge is 0.377 e. The van der Waals surface area contributed by atoms with Crippen LogP contribution in [0.25, 0.3) is 11.4 Å². The van der Waals surface area contributed by atoms with Crippen molar-refractivity contribution in [2.24, 2.45) is 7.05 Å². The number of ether oxygens (including phenoxy) is 1. The van der Waals surface area contributed by atoms with Crippen LogP contribution < -0.4 is 10.6 Å². The van der Waals surface area contributed by atoms with E-state index in [1.54, 1.807) is 18.0 Å². The van der Waals surface area contributed by atoms with E-state index in [1.807, 2.05) is 0 Å². The number of benzene rings is 1. The Kier molecular flexibility index (Phi) is 6.49. The highest BCUT2D eigenvalue weighted by molar-refractivity contribution is 5.92. The number of urea groups is 1. The van der Waals surface area contributed by atoms with Gasteiger partial charge in [-0.15, -0.1) is 0 Å². The van der Waals surface area contributed by atoms with E-state index in [0.717, 1.165) is 0 Å². The number of halogens is 3. The van der Waals surface area contributed by atoms with E-state index in [4.69, 9.17) is 4.74 Å². The summed E-state index contributed by atoms with van der Waals surface area (Å²) < 4.78 is 49.0. The Morgan fingerprint density at radius 3 is 2.62 bits per heavy atom. The molecule has 1 aliphatic heterocycles. The largest absolute Gasteiger partial charge is 0.471 e. The topological polar surface area (TPSA) is 127 Å². The number of rotatable bonds is 5. The summed E-state index contributed by atoms with van der Waals surface area (Å²) in [6, 6.07) is 6.73. The molecule has 1 fully saturated rings. The van der Waals surface area contributed by atoms with Gasteiger partial charge in [-0.2, -0.15) is 23.3 Å². The van der Waals surface area contributed by atoms with Crippen molar-refractivity contribution in [3.8, 4) is 11.4 Å². The minimum atomic E-state index is -4.73. The monoisotopic (exact) mass is 479 g/mol. The van der Waals surface area contributed by atoms with Crippen LogP contribution in [0.15, 0.2) is 41.1 Å². The maximum Gasteiger partial charge on any atom is 0.471 e. The number of aromatic nitrogens is 4. The highest BCUT2D eigenvalue weighted by Gasteiger charge is 2.38. The van der Waals surface area contributed by atoms with Gasteiger partial charge in [0.25, 0.3) is 5.91 Å². The second kappa shape index (κ2) is 9.51. The number of carbonyl (C=O) groups excluding carboxylic acids is 2. The molecule has 0 spiro atoms. The number of nitrogens with zero attached hydrogens (tertiary/aromatic N) is 5. The molecular formula is C20H20F3N7O4. The van der Waals surface area contributed by atoms with E-state index < -0.39 is 24.1 Å². The fourth-order valence-corrected chi connectivity index (χ4v) is 3.34. The second-order valence-electron chi connectivity index (χ2n) is 7.40. The molecule has 1 atom stereocenters. The Morgan fingerprint density at radius 2 is 1.97 bits per heavy atom. The molecule has 4 rings (SSSR count). The highest BCUT2D eigenvalue weighted by atomic mass is 19.4. The van der Waals surface area contributed by atoms with Crippen LogP contribution in [0.1, 0.15) is 16.4 Å². The van der Waals surface area contributed by atoms with Crippen LogP contribution in [0.5, 0.6) is 0 Å². The molecule has 1 saturated heterocycles. The molecule has 180 valence electrons. The molecule has 2 aromatic heterocycles. The van der Waals surface area contributed by atoms with Crippen molar-refractivity contribution in [2.45, 2.75) is 12.2 Å². The number of amides is 3. The van der Waals surface area contributed by atoms with E-state index in [0.29, 0.717) is 30.1 Å². The predicted octanol–water partition coefficient (Wildman–Crippen LogP) is 2.15. The Balaban J connectivity index is 1.37. The summed E-state index contributed by atoms with van der Waals surface area (Å²) in [5, 5.41) is 12.8. The summed E-state index contributed by atoms with van der Waals surface area (Å²) in [6.45, 7) is 1.09. The minimum Gasteiger partial charge on any atom is -0.377 e. The average molecular weight is 479 g/mol. The first-order valence-corrected chi connectivity index (χ1v) is 10.2. The summed E-state index contributed by atoms with van der Waals surface area (Å²) in [4.78, 5) is 30.1. The van der Waals surface area contributed by atoms with Crippen LogP contribution in [-0.2, 0) is 18.0 Å². The Labute approximate surface area is 190 Å². The van der Waals surface area contributed by atoms with Crippen molar-refractivity contribution in [1.82, 2.24) is 30.1 Å². The van der Waals surface area contributed by atoms with Gasteiger partial charge in [0.05, 0.1) is 19.3 Å². The summed E-state index contributed by atoms with van der Waals surface area (Å²) in [7, 11) is 1.65. The van der Waals surface area contributed by atoms with Gasteiger partial charge in [-0.1, -0.05) is 5.16 Å². The van der Waals surface area contributed by atoms with Gasteiger partial charge in [0.1, 0.15) is 5.69 Å². The molecule has 0 bridgehead atoms. The van der Waals surface area contributed by atoms with Gasteiger partial charge in [0, 0.05) is 37.6 Å². The first-order valence-electron chi connectivity index (χ1n) is 10.2. The molecule has 14 heteroatoms. The SMILES string of the molecule is Cn1nccc1C(=O)NC[C@H]1COCCN1C(=O)Nc1ccc(-c2noc(C(F)(F)F)n2)cc1. The first kappa shape index (κ1) is 23.2. The molecule has 0 saturated carbocycles. The molecule has 34 heavy (non-hydrogen) atoms. The third-order valence-electron chi connectivity index (χ3n) is 5.10. The van der Waals surface area contributed by atoms with Gasteiger partial charge in [0.2, 0.25) is 5.82 Å². The number of hydrogen-bond acceptors (Lipinski definition) is 7. The van der Waals surface area contributed by atoms with E-state index in [1.165, 1.54) is 35.1 Å². The van der Waals surface area contributed by atoms with Gasteiger partial charge < -0.3 is 24.8 Å². The molecule has 3 amide bonds. The lowest BCUT2D eigenvalue weighted by Gasteiger charge is -2.35. The lowest BCUT2D eigenvalue weighted by Crippen LogP contribution is -2.54. The molecule has 1 aliphatic rings. The van der Waals surface area contributed by atoms with E-state index in [-0.39, 0.29) is 24.9 Å². The summed E-state index contributed by atoms with van der Waals surface area (Å²) >= 11 is 0. The zero-order chi connectivity index (χ0) is 24.3. The van der Waals surface area contributed by atoms with Crippen LogP contribution >= 0.6 is 0 Å². The van der Waals surface area contributed by atoms with Gasteiger partial charge in [-0.05, 0) is 30.3 Å². The molecule has 11 nitrogen and oxygen atoms in total. The molecule has 3 heterocycles. The van der Waals surface area contributed by atoms with Crippen LogP contribution in [0, 0.1) is 0 Å². The zero-order valence-electron chi connectivity index (χ0n) is 17.9. The van der Waals surface area contributed by atoms with Crippen molar-refractivity contribution < 1.29 is 32.0 Å². The van der Waals surface area contributed by atoms with Crippen molar-refractivity contribution in [1.29, 1.82) is 0 Å². The number of alkyl halides is 3. The first-order chi connectivity index (χ1) is 16.2. The Bertz CT molecular complexity index is 1160. The van der Waals surface area contributed by atoms with E-state index >= 15 is 0 Å². The number of morpholine rings is 1. The summed E-state index contributed by atoms with van der Waals surface area (Å²) in [5.74, 6) is -1.98. The maximum atomic E-state index is 12.8. The van der Waals surface area contributed by atoms with Gasteiger partial charge in [-0.25, -0.2) is 4.79 Å². The quantitative estimate of drug-likeness (QED) is 0.574. The Morgan fingerprint density at radius 1 is 1.21 bits per heavy atom. The van der Waals surface area contributed by atoms with E-state index in [2.05, 4.69) is 30.4 Å². The molecule has 3 aromatic rings. The Hall–Kier alpha value is -3.94. The average Bonchev–Trinajstić information content (AvgIpc) is 3.48. The van der Waals surface area contributed by atoms with Gasteiger partial charge >= 0.3 is 18.1 Å². The van der Waals surface area contributed by atoms with Crippen LogP contribution in [0.4, 0.5) is 23.7 Å². The second-order valence-corrected chi connectivity index (χ2v) is 7.40. The molecule has 0 unspecified atom stereocenters. The third kappa shape index (κ3) is 5.17. The van der Waals surface area contributed by atoms with Crippen molar-refractivity contribution >= 4 is 17.6 Å². The third-order valence-corrected chi connectivity index (χ3v) is 5.10. The summed E-state index contributed by atoms with van der Waals surface area (Å²) in [5.41, 5.74) is 1.09. The van der Waals surface area contributed by atoms with Crippen LogP contribution in [0.2, 0.25) is 0 Å². The van der Waals surface area contributed by atoms with E-state index in [9.17, 15) is 22.8 Å². The lowest BCUT2D eigenvalue weighted by molar-refractivity contribution is -0.159. The molecule has 1 aromatic carbocycles.